The zero-order valence-corrected chi connectivity index (χ0v) is 20.3. The number of amides is 1. The van der Waals surface area contributed by atoms with E-state index >= 15 is 0 Å². The maximum atomic E-state index is 13.0. The summed E-state index contributed by atoms with van der Waals surface area (Å²) in [6, 6.07) is 11.8. The maximum absolute atomic E-state index is 13.0. The molecular weight excluding hydrogens is 442 g/mol. The van der Waals surface area contributed by atoms with Gasteiger partial charge in [-0.05, 0) is 44.0 Å². The van der Waals surface area contributed by atoms with Crippen molar-refractivity contribution in [3.05, 3.63) is 65.6 Å². The summed E-state index contributed by atoms with van der Waals surface area (Å²) in [5.41, 5.74) is 4.63. The summed E-state index contributed by atoms with van der Waals surface area (Å²) >= 11 is 0. The molecule has 4 aromatic rings. The van der Waals surface area contributed by atoms with Gasteiger partial charge in [0.2, 0.25) is 17.7 Å². The predicted octanol–water partition coefficient (Wildman–Crippen LogP) is 3.12. The second kappa shape index (κ2) is 9.69. The summed E-state index contributed by atoms with van der Waals surface area (Å²) in [7, 11) is 1.62. The largest absolute Gasteiger partial charge is 0.481 e. The Morgan fingerprint density at radius 1 is 1.00 bits per heavy atom. The van der Waals surface area contributed by atoms with Crippen LogP contribution < -0.4 is 9.64 Å². The molecule has 180 valence electrons. The van der Waals surface area contributed by atoms with E-state index in [1.807, 2.05) is 46.8 Å². The number of fused-ring (bicyclic) bond motifs is 1. The van der Waals surface area contributed by atoms with Crippen LogP contribution >= 0.6 is 0 Å². The highest BCUT2D eigenvalue weighted by atomic mass is 16.5. The Morgan fingerprint density at radius 2 is 1.71 bits per heavy atom. The van der Waals surface area contributed by atoms with E-state index in [-0.39, 0.29) is 5.91 Å². The molecule has 1 aliphatic heterocycles. The Kier molecular flexibility index (Phi) is 6.31. The molecule has 35 heavy (non-hydrogen) atoms. The second-order valence-electron chi connectivity index (χ2n) is 8.67. The third kappa shape index (κ3) is 4.41. The molecule has 1 amide bonds. The molecule has 0 N–H and O–H groups in total. The van der Waals surface area contributed by atoms with Gasteiger partial charge in [0.05, 0.1) is 18.5 Å². The van der Waals surface area contributed by atoms with Gasteiger partial charge in [0, 0.05) is 55.9 Å². The minimum Gasteiger partial charge on any atom is -0.481 e. The van der Waals surface area contributed by atoms with Crippen LogP contribution in [0.15, 0.2) is 48.8 Å². The average Bonchev–Trinajstić information content (AvgIpc) is 3.25. The lowest BCUT2D eigenvalue weighted by atomic mass is 10.0. The number of anilines is 1. The molecule has 1 saturated heterocycles. The summed E-state index contributed by atoms with van der Waals surface area (Å²) in [5.74, 6) is 1.40. The maximum Gasteiger partial charge on any atom is 0.225 e. The first kappa shape index (κ1) is 22.8. The molecule has 0 saturated carbocycles. The lowest BCUT2D eigenvalue weighted by Gasteiger charge is -2.34. The molecule has 9 nitrogen and oxygen atoms in total. The normalized spacial score (nSPS) is 13.9. The monoisotopic (exact) mass is 471 g/mol. The van der Waals surface area contributed by atoms with E-state index in [2.05, 4.69) is 21.8 Å². The standard InChI is InChI=1S/C26H29N7O2/c1-18-21(10-11-22(34)31-14-16-32(17-15-31)26-27-12-7-13-28-26)25(35-3)29-24-23(18)19(2)30-33(24)20-8-5-4-6-9-20/h4-9,12-13H,10-11,14-17H2,1-3H3. The number of aromatic nitrogens is 5. The Morgan fingerprint density at radius 3 is 2.40 bits per heavy atom. The van der Waals surface area contributed by atoms with Crippen LogP contribution in [-0.2, 0) is 11.2 Å². The van der Waals surface area contributed by atoms with Gasteiger partial charge < -0.3 is 14.5 Å². The lowest BCUT2D eigenvalue weighted by Crippen LogP contribution is -2.49. The summed E-state index contributed by atoms with van der Waals surface area (Å²) in [6.45, 7) is 6.83. The molecule has 0 atom stereocenters. The molecular formula is C26H29N7O2. The van der Waals surface area contributed by atoms with Gasteiger partial charge in [0.1, 0.15) is 0 Å². The van der Waals surface area contributed by atoms with Crippen LogP contribution in [-0.4, -0.2) is 68.8 Å². The smallest absolute Gasteiger partial charge is 0.225 e. The first-order valence-corrected chi connectivity index (χ1v) is 11.8. The molecule has 0 bridgehead atoms. The van der Waals surface area contributed by atoms with E-state index in [1.54, 1.807) is 25.6 Å². The number of ether oxygens (including phenoxy) is 1. The third-order valence-corrected chi connectivity index (χ3v) is 6.58. The van der Waals surface area contributed by atoms with Gasteiger partial charge in [-0.3, -0.25) is 4.79 Å². The summed E-state index contributed by atoms with van der Waals surface area (Å²) in [5, 5.41) is 5.75. The molecule has 0 unspecified atom stereocenters. The summed E-state index contributed by atoms with van der Waals surface area (Å²) in [4.78, 5) is 30.5. The number of para-hydroxylation sites is 1. The zero-order chi connectivity index (χ0) is 24.4. The van der Waals surface area contributed by atoms with Crippen LogP contribution in [0.1, 0.15) is 23.2 Å². The number of aryl methyl sites for hydroxylation is 2. The quantitative estimate of drug-likeness (QED) is 0.427. The number of nitrogens with zero attached hydrogens (tertiary/aromatic N) is 7. The molecule has 9 heteroatoms. The van der Waals surface area contributed by atoms with Crippen LogP contribution in [0.25, 0.3) is 16.7 Å². The Hall–Kier alpha value is -4.01. The number of rotatable bonds is 6. The fourth-order valence-electron chi connectivity index (χ4n) is 4.75. The van der Waals surface area contributed by atoms with E-state index in [0.717, 1.165) is 46.6 Å². The van der Waals surface area contributed by atoms with E-state index in [1.165, 1.54) is 0 Å². The lowest BCUT2D eigenvalue weighted by molar-refractivity contribution is -0.131. The zero-order valence-electron chi connectivity index (χ0n) is 20.3. The van der Waals surface area contributed by atoms with E-state index < -0.39 is 0 Å². The number of methoxy groups -OCH3 is 1. The fraction of sp³-hybridized carbons (Fsp3) is 0.346. The molecule has 3 aromatic heterocycles. The van der Waals surface area contributed by atoms with Crippen LogP contribution in [0.3, 0.4) is 0 Å². The molecule has 0 aliphatic carbocycles. The van der Waals surface area contributed by atoms with Gasteiger partial charge >= 0.3 is 0 Å². The molecule has 5 rings (SSSR count). The van der Waals surface area contributed by atoms with Crippen LogP contribution in [0.2, 0.25) is 0 Å². The second-order valence-corrected chi connectivity index (χ2v) is 8.67. The van der Waals surface area contributed by atoms with Crippen molar-refractivity contribution in [2.45, 2.75) is 26.7 Å². The van der Waals surface area contributed by atoms with E-state index in [9.17, 15) is 4.79 Å². The van der Waals surface area contributed by atoms with Crippen molar-refractivity contribution in [1.82, 2.24) is 29.6 Å². The van der Waals surface area contributed by atoms with E-state index in [4.69, 9.17) is 14.8 Å². The number of pyridine rings is 1. The predicted molar refractivity (Wildman–Crippen MR) is 134 cm³/mol. The Balaban J connectivity index is 1.33. The SMILES string of the molecule is COc1nc2c(c(C)nn2-c2ccccc2)c(C)c1CCC(=O)N1CCN(c2ncccn2)CC1. The van der Waals surface area contributed by atoms with Crippen LogP contribution in [0, 0.1) is 13.8 Å². The highest BCUT2D eigenvalue weighted by Crippen LogP contribution is 2.32. The average molecular weight is 472 g/mol. The van der Waals surface area contributed by atoms with Crippen molar-refractivity contribution in [2.75, 3.05) is 38.2 Å². The van der Waals surface area contributed by atoms with Crippen molar-refractivity contribution in [3.8, 4) is 11.6 Å². The third-order valence-electron chi connectivity index (χ3n) is 6.58. The Bertz CT molecular complexity index is 1330. The van der Waals surface area contributed by atoms with Gasteiger partial charge in [0.15, 0.2) is 5.65 Å². The molecule has 0 spiro atoms. The first-order chi connectivity index (χ1) is 17.1. The van der Waals surface area contributed by atoms with Gasteiger partial charge in [-0.2, -0.15) is 10.1 Å². The summed E-state index contributed by atoms with van der Waals surface area (Å²) < 4.78 is 7.53. The number of hydrogen-bond donors (Lipinski definition) is 0. The number of hydrogen-bond acceptors (Lipinski definition) is 7. The molecule has 0 radical (unpaired) electrons. The highest BCUT2D eigenvalue weighted by Gasteiger charge is 2.24. The van der Waals surface area contributed by atoms with Crippen molar-refractivity contribution >= 4 is 22.9 Å². The van der Waals surface area contributed by atoms with Crippen molar-refractivity contribution < 1.29 is 9.53 Å². The molecule has 1 fully saturated rings. The topological polar surface area (TPSA) is 89.3 Å². The van der Waals surface area contributed by atoms with Crippen LogP contribution in [0.4, 0.5) is 5.95 Å². The number of benzene rings is 1. The minimum atomic E-state index is 0.136. The van der Waals surface area contributed by atoms with Crippen LogP contribution in [0.5, 0.6) is 5.88 Å². The number of piperazine rings is 1. The van der Waals surface area contributed by atoms with Crippen molar-refractivity contribution in [1.29, 1.82) is 0 Å². The Labute approximate surface area is 204 Å². The first-order valence-electron chi connectivity index (χ1n) is 11.8. The van der Waals surface area contributed by atoms with Crippen molar-refractivity contribution in [3.63, 3.8) is 0 Å². The van der Waals surface area contributed by atoms with Gasteiger partial charge in [-0.15, -0.1) is 0 Å². The van der Waals surface area contributed by atoms with Gasteiger partial charge in [-0.1, -0.05) is 18.2 Å². The van der Waals surface area contributed by atoms with Crippen molar-refractivity contribution in [2.24, 2.45) is 0 Å². The minimum absolute atomic E-state index is 0.136. The number of carbonyl (C=O) groups is 1. The van der Waals surface area contributed by atoms with Gasteiger partial charge in [-0.25, -0.2) is 14.6 Å². The highest BCUT2D eigenvalue weighted by molar-refractivity contribution is 5.86. The summed E-state index contributed by atoms with van der Waals surface area (Å²) in [6.07, 6.45) is 4.45. The molecule has 4 heterocycles. The van der Waals surface area contributed by atoms with Gasteiger partial charge in [0.25, 0.3) is 0 Å². The molecule has 1 aromatic carbocycles. The molecule has 1 aliphatic rings. The van der Waals surface area contributed by atoms with E-state index in [0.29, 0.717) is 37.8 Å². The fourth-order valence-corrected chi connectivity index (χ4v) is 4.75. The number of carbonyl (C=O) groups excluding carboxylic acids is 1.